The van der Waals surface area contributed by atoms with E-state index in [1.165, 1.54) is 11.3 Å². The van der Waals surface area contributed by atoms with Crippen molar-refractivity contribution in [1.82, 2.24) is 4.90 Å². The molecule has 1 fully saturated rings. The van der Waals surface area contributed by atoms with E-state index in [-0.39, 0.29) is 0 Å². The van der Waals surface area contributed by atoms with Crippen molar-refractivity contribution in [3.8, 4) is 0 Å². The quantitative estimate of drug-likeness (QED) is 0.667. The Labute approximate surface area is 144 Å². The summed E-state index contributed by atoms with van der Waals surface area (Å²) >= 11 is 1.82. The number of thiophene rings is 1. The van der Waals surface area contributed by atoms with Gasteiger partial charge in [0.25, 0.3) is 0 Å². The van der Waals surface area contributed by atoms with Gasteiger partial charge in [0.15, 0.2) is 0 Å². The second-order valence-corrected chi connectivity index (χ2v) is 7.27. The van der Waals surface area contributed by atoms with E-state index in [9.17, 15) is 4.79 Å². The molecule has 1 aliphatic heterocycles. The van der Waals surface area contributed by atoms with Gasteiger partial charge in [0.05, 0.1) is 6.10 Å². The van der Waals surface area contributed by atoms with Crippen molar-refractivity contribution in [2.24, 2.45) is 5.73 Å². The summed E-state index contributed by atoms with van der Waals surface area (Å²) in [6.07, 6.45) is 8.36. The second-order valence-electron chi connectivity index (χ2n) is 6.23. The average molecular weight is 339 g/mol. The highest BCUT2D eigenvalue weighted by atomic mass is 32.1. The number of hydrogen-bond acceptors (Lipinski definition) is 4. The van der Waals surface area contributed by atoms with Gasteiger partial charge in [0.1, 0.15) is 0 Å². The fourth-order valence-electron chi connectivity index (χ4n) is 2.97. The van der Waals surface area contributed by atoms with E-state index in [1.807, 2.05) is 16.2 Å². The Balaban J connectivity index is 1.51. The molecule has 0 aliphatic carbocycles. The lowest BCUT2D eigenvalue weighted by atomic mass is 10.1. The highest BCUT2D eigenvalue weighted by Crippen LogP contribution is 2.17. The topological polar surface area (TPSA) is 55.6 Å². The van der Waals surface area contributed by atoms with Crippen molar-refractivity contribution in [1.29, 1.82) is 0 Å². The van der Waals surface area contributed by atoms with E-state index >= 15 is 0 Å². The number of unbranched alkanes of at least 4 members (excludes halogenated alkanes) is 2. The van der Waals surface area contributed by atoms with Crippen molar-refractivity contribution in [3.63, 3.8) is 0 Å². The van der Waals surface area contributed by atoms with Crippen LogP contribution < -0.4 is 5.73 Å². The molecular formula is C18H30N2O2S. The van der Waals surface area contributed by atoms with Crippen LogP contribution in [0.4, 0.5) is 0 Å². The molecule has 1 aromatic rings. The van der Waals surface area contributed by atoms with E-state index in [4.69, 9.17) is 10.5 Å². The Morgan fingerprint density at radius 3 is 2.78 bits per heavy atom. The van der Waals surface area contributed by atoms with Crippen molar-refractivity contribution >= 4 is 17.2 Å². The Kier molecular flexibility index (Phi) is 8.64. The standard InChI is InChI=1S/C18H30N2O2S/c19-11-5-14-22-16-9-12-20(13-10-16)18(21)8-3-1-2-6-17-7-4-15-23-17/h4,7,15-16H,1-3,5-6,8-14,19H2. The molecule has 1 saturated heterocycles. The van der Waals surface area contributed by atoms with Gasteiger partial charge in [-0.3, -0.25) is 4.79 Å². The van der Waals surface area contributed by atoms with E-state index in [2.05, 4.69) is 17.5 Å². The fourth-order valence-corrected chi connectivity index (χ4v) is 3.72. The zero-order valence-corrected chi connectivity index (χ0v) is 14.9. The van der Waals surface area contributed by atoms with Gasteiger partial charge in [-0.15, -0.1) is 11.3 Å². The number of amides is 1. The smallest absolute Gasteiger partial charge is 0.222 e. The lowest BCUT2D eigenvalue weighted by Crippen LogP contribution is -2.40. The van der Waals surface area contributed by atoms with Crippen LogP contribution in [0.2, 0.25) is 0 Å². The summed E-state index contributed by atoms with van der Waals surface area (Å²) < 4.78 is 5.78. The van der Waals surface area contributed by atoms with Crippen LogP contribution in [0.15, 0.2) is 17.5 Å². The number of carbonyl (C=O) groups is 1. The predicted octanol–water partition coefficient (Wildman–Crippen LogP) is 3.21. The van der Waals surface area contributed by atoms with Crippen molar-refractivity contribution < 1.29 is 9.53 Å². The first-order valence-electron chi connectivity index (χ1n) is 8.91. The van der Waals surface area contributed by atoms with Crippen LogP contribution in [0.5, 0.6) is 0 Å². The molecule has 0 saturated carbocycles. The maximum Gasteiger partial charge on any atom is 0.222 e. The number of piperidine rings is 1. The van der Waals surface area contributed by atoms with Crippen LogP contribution in [-0.4, -0.2) is 43.2 Å². The van der Waals surface area contributed by atoms with Crippen LogP contribution in [-0.2, 0) is 16.0 Å². The van der Waals surface area contributed by atoms with Gasteiger partial charge in [-0.2, -0.15) is 0 Å². The molecule has 1 aliphatic rings. The van der Waals surface area contributed by atoms with Crippen molar-refractivity contribution in [3.05, 3.63) is 22.4 Å². The molecule has 0 spiro atoms. The predicted molar refractivity (Wildman–Crippen MR) is 95.7 cm³/mol. The van der Waals surface area contributed by atoms with E-state index in [0.717, 1.165) is 58.2 Å². The van der Waals surface area contributed by atoms with Gasteiger partial charge in [0.2, 0.25) is 5.91 Å². The number of rotatable bonds is 10. The maximum absolute atomic E-state index is 12.2. The van der Waals surface area contributed by atoms with E-state index in [1.54, 1.807) is 0 Å². The third kappa shape index (κ3) is 7.02. The van der Waals surface area contributed by atoms with E-state index < -0.39 is 0 Å². The van der Waals surface area contributed by atoms with Gasteiger partial charge in [-0.1, -0.05) is 12.5 Å². The van der Waals surface area contributed by atoms with Crippen LogP contribution in [0, 0.1) is 0 Å². The fraction of sp³-hybridized carbons (Fsp3) is 0.722. The zero-order valence-electron chi connectivity index (χ0n) is 14.0. The third-order valence-electron chi connectivity index (χ3n) is 4.39. The molecule has 0 bridgehead atoms. The first-order chi connectivity index (χ1) is 11.3. The summed E-state index contributed by atoms with van der Waals surface area (Å²) in [5, 5.41) is 2.13. The molecule has 0 atom stereocenters. The van der Waals surface area contributed by atoms with Crippen LogP contribution in [0.3, 0.4) is 0 Å². The molecular weight excluding hydrogens is 308 g/mol. The molecule has 0 aromatic carbocycles. The summed E-state index contributed by atoms with van der Waals surface area (Å²) in [5.41, 5.74) is 5.47. The molecule has 23 heavy (non-hydrogen) atoms. The summed E-state index contributed by atoms with van der Waals surface area (Å²) in [5.74, 6) is 0.321. The lowest BCUT2D eigenvalue weighted by Gasteiger charge is -2.32. The van der Waals surface area contributed by atoms with Crippen LogP contribution in [0.1, 0.15) is 49.8 Å². The van der Waals surface area contributed by atoms with Gasteiger partial charge < -0.3 is 15.4 Å². The third-order valence-corrected chi connectivity index (χ3v) is 5.33. The molecule has 0 unspecified atom stereocenters. The number of carbonyl (C=O) groups excluding carboxylic acids is 1. The summed E-state index contributed by atoms with van der Waals surface area (Å²) in [6.45, 7) is 3.13. The molecule has 2 rings (SSSR count). The molecule has 1 aromatic heterocycles. The number of likely N-dealkylation sites (tertiary alicyclic amines) is 1. The molecule has 2 heterocycles. The number of ether oxygens (including phenoxy) is 1. The first-order valence-corrected chi connectivity index (χ1v) is 9.79. The highest BCUT2D eigenvalue weighted by Gasteiger charge is 2.22. The molecule has 1 amide bonds. The highest BCUT2D eigenvalue weighted by molar-refractivity contribution is 7.09. The average Bonchev–Trinajstić information content (AvgIpc) is 3.08. The monoisotopic (exact) mass is 338 g/mol. The zero-order chi connectivity index (χ0) is 16.3. The largest absolute Gasteiger partial charge is 0.378 e. The second kappa shape index (κ2) is 10.8. The van der Waals surface area contributed by atoms with Crippen molar-refractivity contribution in [2.75, 3.05) is 26.2 Å². The number of nitrogens with zero attached hydrogens (tertiary/aromatic N) is 1. The Bertz CT molecular complexity index is 428. The van der Waals surface area contributed by atoms with Crippen LogP contribution in [0.25, 0.3) is 0 Å². The number of aryl methyl sites for hydroxylation is 1. The summed E-state index contributed by atoms with van der Waals surface area (Å²) in [4.78, 5) is 15.7. The van der Waals surface area contributed by atoms with Gasteiger partial charge in [-0.05, 0) is 56.5 Å². The van der Waals surface area contributed by atoms with Crippen LogP contribution >= 0.6 is 11.3 Å². The molecule has 130 valence electrons. The summed E-state index contributed by atoms with van der Waals surface area (Å²) in [7, 11) is 0. The minimum Gasteiger partial charge on any atom is -0.378 e. The maximum atomic E-state index is 12.2. The van der Waals surface area contributed by atoms with E-state index in [0.29, 0.717) is 25.0 Å². The summed E-state index contributed by atoms with van der Waals surface area (Å²) in [6, 6.07) is 4.29. The Hall–Kier alpha value is -0.910. The molecule has 5 heteroatoms. The minimum atomic E-state index is 0.316. The number of hydrogen-bond donors (Lipinski definition) is 1. The van der Waals surface area contributed by atoms with Gasteiger partial charge in [0, 0.05) is 31.0 Å². The number of nitrogens with two attached hydrogens (primary N) is 1. The van der Waals surface area contributed by atoms with Gasteiger partial charge in [-0.25, -0.2) is 0 Å². The Morgan fingerprint density at radius 2 is 2.09 bits per heavy atom. The first kappa shape index (κ1) is 18.4. The van der Waals surface area contributed by atoms with Crippen molar-refractivity contribution in [2.45, 2.75) is 57.5 Å². The lowest BCUT2D eigenvalue weighted by molar-refractivity contribution is -0.134. The minimum absolute atomic E-state index is 0.316. The molecule has 4 nitrogen and oxygen atoms in total. The Morgan fingerprint density at radius 1 is 1.26 bits per heavy atom. The molecule has 0 radical (unpaired) electrons. The normalized spacial score (nSPS) is 16.0. The molecule has 2 N–H and O–H groups in total. The van der Waals surface area contributed by atoms with Gasteiger partial charge >= 0.3 is 0 Å². The SMILES string of the molecule is NCCCOC1CCN(C(=O)CCCCCc2cccs2)CC1.